The molecule has 8 heteroatoms. The molecule has 1 aliphatic heterocycles. The molecule has 2 aromatic rings. The fourth-order valence-electron chi connectivity index (χ4n) is 2.91. The first-order valence-electron chi connectivity index (χ1n) is 7.59. The summed E-state index contributed by atoms with van der Waals surface area (Å²) < 4.78 is 5.85. The number of nitrogens with zero attached hydrogens (tertiary/aromatic N) is 3. The summed E-state index contributed by atoms with van der Waals surface area (Å²) in [5.41, 5.74) is 0.474. The fourth-order valence-corrected chi connectivity index (χ4v) is 2.91. The van der Waals surface area contributed by atoms with Crippen molar-refractivity contribution in [1.82, 2.24) is 25.1 Å². The van der Waals surface area contributed by atoms with Gasteiger partial charge in [0.15, 0.2) is 5.89 Å². The highest BCUT2D eigenvalue weighted by Crippen LogP contribution is 2.37. The molecule has 0 spiro atoms. The van der Waals surface area contributed by atoms with Crippen molar-refractivity contribution < 1.29 is 9.21 Å². The summed E-state index contributed by atoms with van der Waals surface area (Å²) in [7, 11) is 0. The van der Waals surface area contributed by atoms with Crippen LogP contribution in [0.2, 0.25) is 0 Å². The lowest BCUT2D eigenvalue weighted by atomic mass is 9.85. The van der Waals surface area contributed by atoms with Crippen LogP contribution in [0.5, 0.6) is 0 Å². The Morgan fingerprint density at radius 3 is 2.95 bits per heavy atom. The molecular formula is C14H17N5O3. The number of hydrogen-bond acceptors (Lipinski definition) is 5. The Morgan fingerprint density at radius 2 is 2.27 bits per heavy atom. The minimum absolute atomic E-state index is 0.0680. The van der Waals surface area contributed by atoms with E-state index in [1.807, 2.05) is 0 Å². The molecule has 2 aromatic heterocycles. The Morgan fingerprint density at radius 1 is 1.41 bits per heavy atom. The lowest BCUT2D eigenvalue weighted by molar-refractivity contribution is -0.131. The largest absolute Gasteiger partial charge is 0.445 e. The quantitative estimate of drug-likeness (QED) is 0.857. The number of carbonyl (C=O) groups excluding carboxylic acids is 1. The van der Waals surface area contributed by atoms with E-state index in [9.17, 15) is 9.59 Å². The monoisotopic (exact) mass is 303 g/mol. The standard InChI is InChI=1S/C14H17N5O3/c20-12(6-11-16-14(21)18-17-11)19-5-4-10-9(7-19)15-13(22-10)8-2-1-3-8/h8H,1-7H2,(H2,16,17,18,21). The van der Waals surface area contributed by atoms with Crippen LogP contribution < -0.4 is 5.69 Å². The third kappa shape index (κ3) is 2.34. The molecule has 22 heavy (non-hydrogen) atoms. The first-order valence-corrected chi connectivity index (χ1v) is 7.59. The van der Waals surface area contributed by atoms with E-state index in [1.54, 1.807) is 4.90 Å². The smallest absolute Gasteiger partial charge is 0.340 e. The van der Waals surface area contributed by atoms with Crippen LogP contribution in [0, 0.1) is 0 Å². The molecule has 8 nitrogen and oxygen atoms in total. The second-order valence-corrected chi connectivity index (χ2v) is 5.92. The summed E-state index contributed by atoms with van der Waals surface area (Å²) in [4.78, 5) is 32.1. The molecule has 1 saturated carbocycles. The van der Waals surface area contributed by atoms with E-state index >= 15 is 0 Å². The maximum atomic E-state index is 12.3. The van der Waals surface area contributed by atoms with Crippen molar-refractivity contribution in [1.29, 1.82) is 0 Å². The summed E-state index contributed by atoms with van der Waals surface area (Å²) >= 11 is 0. The van der Waals surface area contributed by atoms with Crippen LogP contribution in [0.25, 0.3) is 0 Å². The first kappa shape index (κ1) is 13.3. The van der Waals surface area contributed by atoms with Crippen molar-refractivity contribution in [3.05, 3.63) is 33.7 Å². The van der Waals surface area contributed by atoms with Gasteiger partial charge in [0.2, 0.25) is 5.91 Å². The van der Waals surface area contributed by atoms with Crippen molar-refractivity contribution in [2.75, 3.05) is 6.54 Å². The number of aromatic amines is 2. The summed E-state index contributed by atoms with van der Waals surface area (Å²) in [5, 5.41) is 6.03. The third-order valence-corrected chi connectivity index (χ3v) is 4.42. The highest BCUT2D eigenvalue weighted by molar-refractivity contribution is 5.78. The number of rotatable bonds is 3. The van der Waals surface area contributed by atoms with Gasteiger partial charge in [-0.15, -0.1) is 0 Å². The number of fused-ring (bicyclic) bond motifs is 1. The van der Waals surface area contributed by atoms with E-state index in [-0.39, 0.29) is 12.3 Å². The molecule has 4 rings (SSSR count). The zero-order valence-electron chi connectivity index (χ0n) is 12.1. The lowest BCUT2D eigenvalue weighted by Gasteiger charge is -2.24. The second-order valence-electron chi connectivity index (χ2n) is 5.92. The van der Waals surface area contributed by atoms with Gasteiger partial charge in [-0.25, -0.2) is 14.9 Å². The Labute approximate surface area is 125 Å². The van der Waals surface area contributed by atoms with Crippen molar-refractivity contribution in [3.63, 3.8) is 0 Å². The first-order chi connectivity index (χ1) is 10.7. The molecule has 0 bridgehead atoms. The summed E-state index contributed by atoms with van der Waals surface area (Å²) in [5.74, 6) is 2.50. The van der Waals surface area contributed by atoms with Crippen LogP contribution in [0.15, 0.2) is 9.21 Å². The van der Waals surface area contributed by atoms with E-state index in [0.717, 1.165) is 30.2 Å². The minimum Gasteiger partial charge on any atom is -0.445 e. The lowest BCUT2D eigenvalue weighted by Crippen LogP contribution is -2.37. The molecule has 0 saturated heterocycles. The van der Waals surface area contributed by atoms with Crippen molar-refractivity contribution in [2.24, 2.45) is 0 Å². The van der Waals surface area contributed by atoms with Crippen LogP contribution in [-0.2, 0) is 24.2 Å². The highest BCUT2D eigenvalue weighted by atomic mass is 16.4. The van der Waals surface area contributed by atoms with Crippen LogP contribution in [0.3, 0.4) is 0 Å². The predicted octanol–water partition coefficient (Wildman–Crippen LogP) is 0.481. The molecule has 2 N–H and O–H groups in total. The second kappa shape index (κ2) is 5.11. The molecule has 116 valence electrons. The summed E-state index contributed by atoms with van der Waals surface area (Å²) in [6, 6.07) is 0. The third-order valence-electron chi connectivity index (χ3n) is 4.42. The van der Waals surface area contributed by atoms with Crippen molar-refractivity contribution in [2.45, 2.75) is 44.6 Å². The van der Waals surface area contributed by atoms with Gasteiger partial charge in [0.1, 0.15) is 17.3 Å². The van der Waals surface area contributed by atoms with Gasteiger partial charge in [-0.3, -0.25) is 9.78 Å². The molecule has 3 heterocycles. The van der Waals surface area contributed by atoms with Gasteiger partial charge >= 0.3 is 5.69 Å². The maximum Gasteiger partial charge on any atom is 0.340 e. The fraction of sp³-hybridized carbons (Fsp3) is 0.571. The maximum absolute atomic E-state index is 12.3. The van der Waals surface area contributed by atoms with Crippen LogP contribution >= 0.6 is 0 Å². The van der Waals surface area contributed by atoms with Gasteiger partial charge < -0.3 is 9.32 Å². The van der Waals surface area contributed by atoms with E-state index in [2.05, 4.69) is 20.2 Å². The van der Waals surface area contributed by atoms with Crippen LogP contribution in [0.4, 0.5) is 0 Å². The predicted molar refractivity (Wildman–Crippen MR) is 75.1 cm³/mol. The Kier molecular flexibility index (Phi) is 3.09. The van der Waals surface area contributed by atoms with Gasteiger partial charge in [-0.1, -0.05) is 6.42 Å². The van der Waals surface area contributed by atoms with Gasteiger partial charge in [0.25, 0.3) is 0 Å². The van der Waals surface area contributed by atoms with Crippen molar-refractivity contribution in [3.8, 4) is 0 Å². The van der Waals surface area contributed by atoms with Gasteiger partial charge in [0.05, 0.1) is 13.0 Å². The Balaban J connectivity index is 1.45. The summed E-state index contributed by atoms with van der Waals surface area (Å²) in [6.45, 7) is 1.08. The number of H-pyrrole nitrogens is 2. The number of aromatic nitrogens is 4. The van der Waals surface area contributed by atoms with Crippen molar-refractivity contribution >= 4 is 5.91 Å². The Bertz CT molecular complexity index is 755. The number of nitrogens with one attached hydrogen (secondary N) is 2. The average molecular weight is 303 g/mol. The number of carbonyl (C=O) groups is 1. The van der Waals surface area contributed by atoms with E-state index in [0.29, 0.717) is 31.3 Å². The zero-order chi connectivity index (χ0) is 15.1. The number of amides is 1. The van der Waals surface area contributed by atoms with E-state index in [4.69, 9.17) is 4.42 Å². The Hall–Kier alpha value is -2.38. The normalized spacial score (nSPS) is 18.1. The molecule has 0 aromatic carbocycles. The zero-order valence-corrected chi connectivity index (χ0v) is 12.1. The molecule has 1 amide bonds. The van der Waals surface area contributed by atoms with E-state index < -0.39 is 5.69 Å². The van der Waals surface area contributed by atoms with Crippen LogP contribution in [-0.4, -0.2) is 37.5 Å². The molecule has 2 aliphatic rings. The van der Waals surface area contributed by atoms with Gasteiger partial charge in [-0.2, -0.15) is 5.10 Å². The van der Waals surface area contributed by atoms with Gasteiger partial charge in [-0.05, 0) is 12.8 Å². The molecule has 1 fully saturated rings. The number of hydrogen-bond donors (Lipinski definition) is 2. The minimum atomic E-state index is -0.398. The molecule has 0 unspecified atom stereocenters. The summed E-state index contributed by atoms with van der Waals surface area (Å²) in [6.07, 6.45) is 4.31. The average Bonchev–Trinajstić information content (AvgIpc) is 3.01. The molecular weight excluding hydrogens is 286 g/mol. The molecule has 0 atom stereocenters. The van der Waals surface area contributed by atoms with Crippen LogP contribution in [0.1, 0.15) is 48.3 Å². The molecule has 1 aliphatic carbocycles. The SMILES string of the molecule is O=C(Cc1n[nH]c(=O)[nH]1)N1CCc2oc(C3CCC3)nc2C1. The number of oxazole rings is 1. The van der Waals surface area contributed by atoms with E-state index in [1.165, 1.54) is 6.42 Å². The highest BCUT2D eigenvalue weighted by Gasteiger charge is 2.30. The molecule has 0 radical (unpaired) electrons. The van der Waals surface area contributed by atoms with Gasteiger partial charge in [0, 0.05) is 18.9 Å². The topological polar surface area (TPSA) is 108 Å².